The number of piperidine rings is 1. The van der Waals surface area contributed by atoms with Crippen molar-refractivity contribution in [2.75, 3.05) is 7.05 Å². The van der Waals surface area contributed by atoms with E-state index in [1.807, 2.05) is 30.3 Å². The summed E-state index contributed by atoms with van der Waals surface area (Å²) in [5.74, 6) is -0.172. The summed E-state index contributed by atoms with van der Waals surface area (Å²) in [7, 11) is 2.42. The number of nitrogens with zero attached hydrogens (tertiary/aromatic N) is 1. The molecule has 2 atom stereocenters. The van der Waals surface area contributed by atoms with Crippen LogP contribution >= 0.6 is 0 Å². The summed E-state index contributed by atoms with van der Waals surface area (Å²) in [6.45, 7) is 3.34. The number of unbranched alkanes of at least 4 members (excludes halogenated alkanes) is 2. The standard InChI is InChI=1S/C27H36NO2/c1-3-4-6-9-21-12-14-22(15-13-21)20-28(2)24-16-17-25(28)19-26(18-24)30-27(29)23-10-7-5-8-11-23/h5,7-8,10-15,24-26H,3-4,6,9,16-20H2,1-2H3/q+1. The van der Waals surface area contributed by atoms with Gasteiger partial charge in [-0.1, -0.05) is 62.2 Å². The molecule has 2 bridgehead atoms. The summed E-state index contributed by atoms with van der Waals surface area (Å²) < 4.78 is 7.02. The number of benzene rings is 2. The molecule has 2 fully saturated rings. The Bertz CT molecular complexity index is 816. The molecule has 0 radical (unpaired) electrons. The minimum atomic E-state index is -0.172. The zero-order valence-corrected chi connectivity index (χ0v) is 18.6. The fourth-order valence-electron chi connectivity index (χ4n) is 5.63. The molecule has 0 aliphatic carbocycles. The van der Waals surface area contributed by atoms with E-state index in [1.165, 1.54) is 49.7 Å². The summed E-state index contributed by atoms with van der Waals surface area (Å²) in [6.07, 6.45) is 9.60. The third kappa shape index (κ3) is 4.62. The Balaban J connectivity index is 1.36. The SMILES string of the molecule is CCCCCc1ccc(C[N+]2(C)C3CCC2CC(OC(=O)c2ccccc2)C3)cc1. The van der Waals surface area contributed by atoms with E-state index in [0.29, 0.717) is 17.6 Å². The molecule has 3 nitrogen and oxygen atoms in total. The smallest absolute Gasteiger partial charge is 0.338 e. The first kappa shape index (κ1) is 21.1. The lowest BCUT2D eigenvalue weighted by Gasteiger charge is -2.47. The second kappa shape index (κ2) is 9.34. The molecular formula is C27H36NO2+. The number of hydrogen-bond acceptors (Lipinski definition) is 2. The second-order valence-electron chi connectivity index (χ2n) is 9.53. The first-order valence-electron chi connectivity index (χ1n) is 11.8. The molecule has 4 rings (SSSR count). The Morgan fingerprint density at radius 1 is 0.933 bits per heavy atom. The highest BCUT2D eigenvalue weighted by molar-refractivity contribution is 5.89. The van der Waals surface area contributed by atoms with Gasteiger partial charge in [0.25, 0.3) is 0 Å². The van der Waals surface area contributed by atoms with E-state index < -0.39 is 0 Å². The highest BCUT2D eigenvalue weighted by Crippen LogP contribution is 2.43. The van der Waals surface area contributed by atoms with Gasteiger partial charge in [0.15, 0.2) is 0 Å². The first-order chi connectivity index (χ1) is 14.6. The van der Waals surface area contributed by atoms with Crippen LogP contribution in [0.25, 0.3) is 0 Å². The Morgan fingerprint density at radius 3 is 2.20 bits per heavy atom. The van der Waals surface area contributed by atoms with E-state index in [1.54, 1.807) is 0 Å². The van der Waals surface area contributed by atoms with Crippen LogP contribution in [-0.4, -0.2) is 35.7 Å². The molecule has 2 saturated heterocycles. The topological polar surface area (TPSA) is 26.3 Å². The van der Waals surface area contributed by atoms with Gasteiger partial charge in [0.05, 0.1) is 24.7 Å². The van der Waals surface area contributed by atoms with Crippen molar-refractivity contribution >= 4 is 5.97 Å². The van der Waals surface area contributed by atoms with E-state index in [2.05, 4.69) is 38.2 Å². The van der Waals surface area contributed by atoms with Gasteiger partial charge in [-0.15, -0.1) is 0 Å². The van der Waals surface area contributed by atoms with E-state index in [9.17, 15) is 4.79 Å². The second-order valence-corrected chi connectivity index (χ2v) is 9.53. The maximum atomic E-state index is 12.5. The molecule has 3 heteroatoms. The van der Waals surface area contributed by atoms with Crippen molar-refractivity contribution in [3.63, 3.8) is 0 Å². The zero-order valence-electron chi connectivity index (χ0n) is 18.6. The number of esters is 1. The van der Waals surface area contributed by atoms with Gasteiger partial charge in [-0.25, -0.2) is 4.79 Å². The fraction of sp³-hybridized carbons (Fsp3) is 0.519. The predicted molar refractivity (Wildman–Crippen MR) is 121 cm³/mol. The molecule has 0 spiro atoms. The van der Waals surface area contributed by atoms with Crippen LogP contribution in [0, 0.1) is 0 Å². The Hall–Kier alpha value is -2.13. The Morgan fingerprint density at radius 2 is 1.57 bits per heavy atom. The molecule has 30 heavy (non-hydrogen) atoms. The molecule has 2 aliphatic rings. The summed E-state index contributed by atoms with van der Waals surface area (Å²) in [6, 6.07) is 19.9. The quantitative estimate of drug-likeness (QED) is 0.309. The number of rotatable bonds is 8. The van der Waals surface area contributed by atoms with Crippen LogP contribution in [0.3, 0.4) is 0 Å². The number of ether oxygens (including phenoxy) is 1. The van der Waals surface area contributed by atoms with Crippen LogP contribution < -0.4 is 0 Å². The van der Waals surface area contributed by atoms with Crippen LogP contribution in [0.5, 0.6) is 0 Å². The third-order valence-corrected chi connectivity index (χ3v) is 7.47. The molecule has 2 aliphatic heterocycles. The summed E-state index contributed by atoms with van der Waals surface area (Å²) in [5, 5.41) is 0. The van der Waals surface area contributed by atoms with Crippen LogP contribution in [-0.2, 0) is 17.7 Å². The van der Waals surface area contributed by atoms with Gasteiger partial charge >= 0.3 is 5.97 Å². The van der Waals surface area contributed by atoms with Crippen molar-refractivity contribution in [2.45, 2.75) is 83.0 Å². The van der Waals surface area contributed by atoms with E-state index >= 15 is 0 Å². The van der Waals surface area contributed by atoms with E-state index in [0.717, 1.165) is 23.9 Å². The number of carbonyl (C=O) groups is 1. The lowest BCUT2D eigenvalue weighted by Crippen LogP contribution is -2.58. The molecule has 2 unspecified atom stereocenters. The number of carbonyl (C=O) groups excluding carboxylic acids is 1. The molecule has 160 valence electrons. The molecule has 0 amide bonds. The average molecular weight is 407 g/mol. The van der Waals surface area contributed by atoms with E-state index in [4.69, 9.17) is 4.74 Å². The highest BCUT2D eigenvalue weighted by Gasteiger charge is 2.52. The molecule has 2 aromatic rings. The predicted octanol–water partition coefficient (Wildman–Crippen LogP) is 5.92. The highest BCUT2D eigenvalue weighted by atomic mass is 16.5. The number of quaternary nitrogens is 1. The minimum absolute atomic E-state index is 0.0577. The summed E-state index contributed by atoms with van der Waals surface area (Å²) >= 11 is 0. The molecule has 0 saturated carbocycles. The van der Waals surface area contributed by atoms with Crippen molar-refractivity contribution in [1.29, 1.82) is 0 Å². The maximum Gasteiger partial charge on any atom is 0.338 e. The number of hydrogen-bond donors (Lipinski definition) is 0. The van der Waals surface area contributed by atoms with Crippen LogP contribution in [0.4, 0.5) is 0 Å². The van der Waals surface area contributed by atoms with Crippen LogP contribution in [0.1, 0.15) is 73.4 Å². The van der Waals surface area contributed by atoms with Crippen molar-refractivity contribution in [2.24, 2.45) is 0 Å². The van der Waals surface area contributed by atoms with Gasteiger partial charge < -0.3 is 9.22 Å². The van der Waals surface area contributed by atoms with Crippen molar-refractivity contribution in [3.8, 4) is 0 Å². The van der Waals surface area contributed by atoms with E-state index in [-0.39, 0.29) is 12.1 Å². The fourth-order valence-corrected chi connectivity index (χ4v) is 5.63. The van der Waals surface area contributed by atoms with Gasteiger partial charge in [0, 0.05) is 31.2 Å². The van der Waals surface area contributed by atoms with Crippen LogP contribution in [0.2, 0.25) is 0 Å². The zero-order chi connectivity index (χ0) is 21.0. The summed E-state index contributed by atoms with van der Waals surface area (Å²) in [5.41, 5.74) is 3.56. The molecule has 0 N–H and O–H groups in total. The lowest BCUT2D eigenvalue weighted by molar-refractivity contribution is -0.961. The first-order valence-corrected chi connectivity index (χ1v) is 11.8. The number of aryl methyl sites for hydroxylation is 1. The van der Waals surface area contributed by atoms with Crippen LogP contribution in [0.15, 0.2) is 54.6 Å². The maximum absolute atomic E-state index is 12.5. The van der Waals surface area contributed by atoms with Gasteiger partial charge in [0.2, 0.25) is 0 Å². The molecule has 2 heterocycles. The molecule has 2 aromatic carbocycles. The molecule has 0 aromatic heterocycles. The average Bonchev–Trinajstić information content (AvgIpc) is 2.92. The monoisotopic (exact) mass is 406 g/mol. The van der Waals surface area contributed by atoms with Crippen molar-refractivity contribution < 1.29 is 14.0 Å². The molecular weight excluding hydrogens is 370 g/mol. The normalized spacial score (nSPS) is 27.7. The Kier molecular flexibility index (Phi) is 6.58. The minimum Gasteiger partial charge on any atom is -0.458 e. The van der Waals surface area contributed by atoms with Gasteiger partial charge in [-0.3, -0.25) is 0 Å². The summed E-state index contributed by atoms with van der Waals surface area (Å²) in [4.78, 5) is 12.5. The van der Waals surface area contributed by atoms with Crippen molar-refractivity contribution in [3.05, 3.63) is 71.3 Å². The lowest BCUT2D eigenvalue weighted by atomic mass is 9.95. The van der Waals surface area contributed by atoms with Gasteiger partial charge in [-0.2, -0.15) is 0 Å². The van der Waals surface area contributed by atoms with Gasteiger partial charge in [0.1, 0.15) is 12.6 Å². The third-order valence-electron chi connectivity index (χ3n) is 7.47. The number of fused-ring (bicyclic) bond motifs is 2. The Labute approximate surface area is 181 Å². The largest absolute Gasteiger partial charge is 0.458 e. The van der Waals surface area contributed by atoms with Crippen molar-refractivity contribution in [1.82, 2.24) is 0 Å². The van der Waals surface area contributed by atoms with Gasteiger partial charge in [-0.05, 0) is 30.5 Å².